The molecule has 0 fully saturated rings. The highest BCUT2D eigenvalue weighted by molar-refractivity contribution is 9.10. The van der Waals surface area contributed by atoms with Crippen LogP contribution in [0.1, 0.15) is 37.0 Å². The first-order valence-corrected chi connectivity index (χ1v) is 13.7. The molecule has 0 saturated carbocycles. The molecule has 0 aliphatic rings. The van der Waals surface area contributed by atoms with E-state index in [0.717, 1.165) is 26.9 Å². The molecule has 0 bridgehead atoms. The summed E-state index contributed by atoms with van der Waals surface area (Å²) >= 11 is 4.98. The lowest BCUT2D eigenvalue weighted by atomic mass is 10.0. The fraction of sp³-hybridized carbons (Fsp3) is 0.310. The Bertz CT molecular complexity index is 1090. The maximum Gasteiger partial charge on any atom is 0.243 e. The number of hydrogen-bond donors (Lipinski definition) is 1. The zero-order chi connectivity index (χ0) is 25.2. The molecule has 2 amide bonds. The largest absolute Gasteiger partial charge is 0.352 e. The van der Waals surface area contributed by atoms with Gasteiger partial charge in [0.1, 0.15) is 6.04 Å². The molecule has 0 saturated heterocycles. The van der Waals surface area contributed by atoms with Gasteiger partial charge in [0, 0.05) is 28.4 Å². The predicted octanol–water partition coefficient (Wildman–Crippen LogP) is 6.40. The van der Waals surface area contributed by atoms with Crippen LogP contribution in [0.25, 0.3) is 0 Å². The normalized spacial score (nSPS) is 12.6. The van der Waals surface area contributed by atoms with Crippen molar-refractivity contribution in [2.24, 2.45) is 0 Å². The Labute approximate surface area is 221 Å². The van der Waals surface area contributed by atoms with Crippen LogP contribution in [0.2, 0.25) is 0 Å². The molecule has 2 atom stereocenters. The average Bonchev–Trinajstić information content (AvgIpc) is 2.87. The lowest BCUT2D eigenvalue weighted by molar-refractivity contribution is -0.139. The van der Waals surface area contributed by atoms with Gasteiger partial charge in [0.25, 0.3) is 0 Å². The smallest absolute Gasteiger partial charge is 0.243 e. The molecule has 0 aromatic heterocycles. The van der Waals surface area contributed by atoms with E-state index in [-0.39, 0.29) is 23.6 Å². The van der Waals surface area contributed by atoms with E-state index < -0.39 is 6.04 Å². The number of amides is 2. The zero-order valence-electron chi connectivity index (χ0n) is 20.5. The first-order valence-electron chi connectivity index (χ1n) is 11.9. The lowest BCUT2D eigenvalue weighted by Gasteiger charge is -2.32. The quantitative estimate of drug-likeness (QED) is 0.280. The summed E-state index contributed by atoms with van der Waals surface area (Å²) in [5.74, 6) is 0.0920. The maximum atomic E-state index is 13.7. The summed E-state index contributed by atoms with van der Waals surface area (Å²) in [5, 5.41) is 3.11. The second kappa shape index (κ2) is 13.5. The number of rotatable bonds is 11. The van der Waals surface area contributed by atoms with Crippen LogP contribution >= 0.6 is 27.7 Å². The van der Waals surface area contributed by atoms with Crippen LogP contribution < -0.4 is 5.32 Å². The molecule has 3 rings (SSSR count). The molecule has 0 radical (unpaired) electrons. The van der Waals surface area contributed by atoms with Gasteiger partial charge < -0.3 is 10.2 Å². The van der Waals surface area contributed by atoms with E-state index in [4.69, 9.17) is 0 Å². The molecular weight excluding hydrogens is 520 g/mol. The van der Waals surface area contributed by atoms with Gasteiger partial charge in [-0.3, -0.25) is 9.59 Å². The summed E-state index contributed by atoms with van der Waals surface area (Å²) in [6.45, 7) is 6.45. The van der Waals surface area contributed by atoms with Crippen molar-refractivity contribution in [1.29, 1.82) is 0 Å². The van der Waals surface area contributed by atoms with Crippen LogP contribution in [0.3, 0.4) is 0 Å². The predicted molar refractivity (Wildman–Crippen MR) is 148 cm³/mol. The molecule has 2 unspecified atom stereocenters. The van der Waals surface area contributed by atoms with Crippen molar-refractivity contribution >= 4 is 39.5 Å². The highest BCUT2D eigenvalue weighted by Crippen LogP contribution is 2.22. The monoisotopic (exact) mass is 552 g/mol. The summed E-state index contributed by atoms with van der Waals surface area (Å²) in [4.78, 5) is 29.9. The minimum atomic E-state index is -0.610. The molecule has 1 N–H and O–H groups in total. The number of carbonyl (C=O) groups excluding carboxylic acids is 2. The molecular formula is C29H33BrN2O2S. The second-order valence-electron chi connectivity index (χ2n) is 8.77. The summed E-state index contributed by atoms with van der Waals surface area (Å²) in [6, 6.07) is 25.4. The van der Waals surface area contributed by atoms with Crippen LogP contribution in [0.15, 0.2) is 88.2 Å². The van der Waals surface area contributed by atoms with E-state index in [1.807, 2.05) is 99.6 Å². The van der Waals surface area contributed by atoms with Crippen LogP contribution in [0, 0.1) is 6.92 Å². The van der Waals surface area contributed by atoms with Gasteiger partial charge >= 0.3 is 0 Å². The van der Waals surface area contributed by atoms with Gasteiger partial charge in [-0.2, -0.15) is 0 Å². The van der Waals surface area contributed by atoms with Crippen molar-refractivity contribution in [2.75, 3.05) is 5.75 Å². The van der Waals surface area contributed by atoms with Crippen molar-refractivity contribution in [1.82, 2.24) is 10.2 Å². The van der Waals surface area contributed by atoms with Crippen molar-refractivity contribution in [3.05, 3.63) is 100 Å². The number of halogens is 1. The third-order valence-electron chi connectivity index (χ3n) is 5.92. The second-order valence-corrected chi connectivity index (χ2v) is 10.7. The Morgan fingerprint density at radius 3 is 2.23 bits per heavy atom. The first-order chi connectivity index (χ1) is 16.9. The van der Waals surface area contributed by atoms with Crippen LogP contribution in [-0.2, 0) is 22.6 Å². The SMILES string of the molecule is CCC(C)NC(=O)C(Cc1ccccc1)N(Cc1ccc(Br)cc1)C(=O)CSc1ccc(C)cc1. The Morgan fingerprint density at radius 1 is 0.943 bits per heavy atom. The third kappa shape index (κ3) is 8.55. The maximum absolute atomic E-state index is 13.7. The Balaban J connectivity index is 1.89. The van der Waals surface area contributed by atoms with Crippen molar-refractivity contribution < 1.29 is 9.59 Å². The highest BCUT2D eigenvalue weighted by atomic mass is 79.9. The summed E-state index contributed by atoms with van der Waals surface area (Å²) in [5.41, 5.74) is 3.19. The Hall–Kier alpha value is -2.57. The average molecular weight is 554 g/mol. The molecule has 6 heteroatoms. The van der Waals surface area contributed by atoms with Gasteiger partial charge in [0.05, 0.1) is 5.75 Å². The minimum absolute atomic E-state index is 0.0346. The van der Waals surface area contributed by atoms with Crippen LogP contribution in [-0.4, -0.2) is 34.6 Å². The number of nitrogens with one attached hydrogen (secondary N) is 1. The third-order valence-corrected chi connectivity index (χ3v) is 7.45. The molecule has 184 valence electrons. The van der Waals surface area contributed by atoms with E-state index in [9.17, 15) is 9.59 Å². The van der Waals surface area contributed by atoms with E-state index in [1.165, 1.54) is 17.3 Å². The van der Waals surface area contributed by atoms with Gasteiger partial charge in [-0.1, -0.05) is 83.0 Å². The molecule has 3 aromatic rings. The van der Waals surface area contributed by atoms with E-state index in [1.54, 1.807) is 4.90 Å². The van der Waals surface area contributed by atoms with E-state index in [2.05, 4.69) is 21.2 Å². The summed E-state index contributed by atoms with van der Waals surface area (Å²) in [7, 11) is 0. The van der Waals surface area contributed by atoms with Gasteiger partial charge in [-0.15, -0.1) is 11.8 Å². The summed E-state index contributed by atoms with van der Waals surface area (Å²) in [6.07, 6.45) is 1.29. The molecule has 0 aliphatic carbocycles. The minimum Gasteiger partial charge on any atom is -0.352 e. The number of nitrogens with zero attached hydrogens (tertiary/aromatic N) is 1. The van der Waals surface area contributed by atoms with Crippen LogP contribution in [0.4, 0.5) is 0 Å². The first kappa shape index (κ1) is 27.0. The fourth-order valence-electron chi connectivity index (χ4n) is 3.64. The van der Waals surface area contributed by atoms with Crippen molar-refractivity contribution in [2.45, 2.75) is 57.1 Å². The number of benzene rings is 3. The van der Waals surface area contributed by atoms with Crippen molar-refractivity contribution in [3.63, 3.8) is 0 Å². The fourth-order valence-corrected chi connectivity index (χ4v) is 4.69. The van der Waals surface area contributed by atoms with Gasteiger partial charge in [-0.05, 0) is 55.7 Å². The highest BCUT2D eigenvalue weighted by Gasteiger charge is 2.31. The Morgan fingerprint density at radius 2 is 1.60 bits per heavy atom. The van der Waals surface area contributed by atoms with Gasteiger partial charge in [0.15, 0.2) is 0 Å². The standard InChI is InChI=1S/C29H33BrN2O2S/c1-4-22(3)31-29(34)27(18-23-8-6-5-7-9-23)32(19-24-12-14-25(30)15-13-24)28(33)20-35-26-16-10-21(2)11-17-26/h5-17,22,27H,4,18-20H2,1-3H3,(H,31,34). The van der Waals surface area contributed by atoms with E-state index in [0.29, 0.717) is 13.0 Å². The van der Waals surface area contributed by atoms with Gasteiger partial charge in [-0.25, -0.2) is 0 Å². The topological polar surface area (TPSA) is 49.4 Å². The van der Waals surface area contributed by atoms with Crippen molar-refractivity contribution in [3.8, 4) is 0 Å². The molecule has 3 aromatic carbocycles. The van der Waals surface area contributed by atoms with Crippen LogP contribution in [0.5, 0.6) is 0 Å². The van der Waals surface area contributed by atoms with Gasteiger partial charge in [0.2, 0.25) is 11.8 Å². The Kier molecular flexibility index (Phi) is 10.4. The zero-order valence-corrected chi connectivity index (χ0v) is 22.9. The number of aryl methyl sites for hydroxylation is 1. The molecule has 0 aliphatic heterocycles. The van der Waals surface area contributed by atoms with E-state index >= 15 is 0 Å². The summed E-state index contributed by atoms with van der Waals surface area (Å²) < 4.78 is 0.976. The number of carbonyl (C=O) groups is 2. The molecule has 4 nitrogen and oxygen atoms in total. The number of thioether (sulfide) groups is 1. The number of hydrogen-bond acceptors (Lipinski definition) is 3. The molecule has 0 heterocycles. The molecule has 35 heavy (non-hydrogen) atoms. The lowest BCUT2D eigenvalue weighted by Crippen LogP contribution is -2.52. The molecule has 0 spiro atoms.